The average Bonchev–Trinajstić information content (AvgIpc) is 2.73. The zero-order valence-electron chi connectivity index (χ0n) is 17.8. The van der Waals surface area contributed by atoms with Crippen molar-refractivity contribution in [3.8, 4) is 0 Å². The van der Waals surface area contributed by atoms with Crippen molar-refractivity contribution in [2.45, 2.75) is 57.3 Å². The number of hydrogen-bond donors (Lipinski definition) is 1. The number of nitrogens with one attached hydrogen (secondary N) is 1. The lowest BCUT2D eigenvalue weighted by Crippen LogP contribution is -2.25. The number of benzene rings is 1. The predicted molar refractivity (Wildman–Crippen MR) is 118 cm³/mol. The summed E-state index contributed by atoms with van der Waals surface area (Å²) in [7, 11) is -3.50. The van der Waals surface area contributed by atoms with Gasteiger partial charge in [0.05, 0.1) is 17.4 Å². The van der Waals surface area contributed by atoms with Gasteiger partial charge in [-0.25, -0.2) is 13.1 Å². The Hall–Kier alpha value is -2.25. The molecule has 1 atom stereocenters. The van der Waals surface area contributed by atoms with E-state index >= 15 is 0 Å². The van der Waals surface area contributed by atoms with Crippen LogP contribution in [0.1, 0.15) is 50.2 Å². The van der Waals surface area contributed by atoms with Crippen LogP contribution in [0.5, 0.6) is 0 Å². The molecule has 1 N–H and O–H groups in total. The van der Waals surface area contributed by atoms with Gasteiger partial charge in [-0.2, -0.15) is 0 Å². The molecule has 1 unspecified atom stereocenters. The molecule has 1 aromatic heterocycles. The molecular formula is C23H32N2O4S. The highest BCUT2D eigenvalue weighted by atomic mass is 32.2. The third-order valence-electron chi connectivity index (χ3n) is 4.96. The molecule has 2 rings (SSSR count). The number of carbonyl (C=O) groups excluding carboxylic acids is 1. The Morgan fingerprint density at radius 1 is 1.10 bits per heavy atom. The number of aromatic nitrogens is 1. The fourth-order valence-corrected chi connectivity index (χ4v) is 4.34. The van der Waals surface area contributed by atoms with Crippen LogP contribution >= 0.6 is 0 Å². The van der Waals surface area contributed by atoms with E-state index in [0.29, 0.717) is 26.0 Å². The van der Waals surface area contributed by atoms with Gasteiger partial charge in [0.25, 0.3) is 0 Å². The lowest BCUT2D eigenvalue weighted by atomic mass is 9.95. The molecule has 0 saturated carbocycles. The second kappa shape index (κ2) is 12.4. The van der Waals surface area contributed by atoms with Gasteiger partial charge in [0.15, 0.2) is 0 Å². The molecule has 0 saturated heterocycles. The van der Waals surface area contributed by atoms with E-state index in [9.17, 15) is 13.2 Å². The Kier molecular flexibility index (Phi) is 9.97. The van der Waals surface area contributed by atoms with Crippen molar-refractivity contribution in [2.75, 3.05) is 13.2 Å². The molecule has 7 heteroatoms. The lowest BCUT2D eigenvalue weighted by molar-refractivity contribution is -0.148. The Morgan fingerprint density at radius 3 is 2.50 bits per heavy atom. The number of unbranched alkanes of at least 4 members (excludes halogenated alkanes) is 1. The first-order valence-corrected chi connectivity index (χ1v) is 12.0. The highest BCUT2D eigenvalue weighted by Crippen LogP contribution is 2.19. The molecule has 30 heavy (non-hydrogen) atoms. The van der Waals surface area contributed by atoms with Crippen LogP contribution in [0.4, 0.5) is 0 Å². The molecule has 0 aliphatic rings. The van der Waals surface area contributed by atoms with Crippen molar-refractivity contribution in [3.05, 3.63) is 59.9 Å². The Labute approximate surface area is 180 Å². The van der Waals surface area contributed by atoms with Crippen molar-refractivity contribution < 1.29 is 17.9 Å². The largest absolute Gasteiger partial charge is 0.466 e. The van der Waals surface area contributed by atoms with E-state index in [2.05, 4.69) is 9.71 Å². The Bertz CT molecular complexity index is 868. The maximum Gasteiger partial charge on any atom is 0.308 e. The van der Waals surface area contributed by atoms with Crippen molar-refractivity contribution >= 4 is 16.0 Å². The number of sulfonamides is 1. The maximum absolute atomic E-state index is 12.3. The normalized spacial score (nSPS) is 12.5. The summed E-state index contributed by atoms with van der Waals surface area (Å²) >= 11 is 0. The van der Waals surface area contributed by atoms with E-state index in [0.717, 1.165) is 36.8 Å². The SMILES string of the molecule is CCOC(=O)C(CCCCNS(=O)(=O)c1ccc(C)cc1)CCCc1cccnc1. The van der Waals surface area contributed by atoms with E-state index in [-0.39, 0.29) is 16.8 Å². The summed E-state index contributed by atoms with van der Waals surface area (Å²) in [6.07, 6.45) is 8.23. The van der Waals surface area contributed by atoms with Gasteiger partial charge in [0.2, 0.25) is 10.0 Å². The van der Waals surface area contributed by atoms with Crippen LogP contribution < -0.4 is 4.72 Å². The van der Waals surface area contributed by atoms with Crippen LogP contribution in [0, 0.1) is 12.8 Å². The van der Waals surface area contributed by atoms with Gasteiger partial charge in [-0.15, -0.1) is 0 Å². The molecule has 0 amide bonds. The second-order valence-electron chi connectivity index (χ2n) is 7.41. The molecule has 164 valence electrons. The summed E-state index contributed by atoms with van der Waals surface area (Å²) in [4.78, 5) is 16.7. The minimum atomic E-state index is -3.50. The van der Waals surface area contributed by atoms with Gasteiger partial charge in [-0.05, 0) is 69.7 Å². The van der Waals surface area contributed by atoms with E-state index < -0.39 is 10.0 Å². The third-order valence-corrected chi connectivity index (χ3v) is 6.44. The third kappa shape index (κ3) is 8.24. The highest BCUT2D eigenvalue weighted by molar-refractivity contribution is 7.89. The van der Waals surface area contributed by atoms with Crippen LogP contribution in [0.25, 0.3) is 0 Å². The number of nitrogens with zero attached hydrogens (tertiary/aromatic N) is 1. The lowest BCUT2D eigenvalue weighted by Gasteiger charge is -2.15. The summed E-state index contributed by atoms with van der Waals surface area (Å²) in [6, 6.07) is 10.7. The predicted octanol–water partition coefficient (Wildman–Crippen LogP) is 4.04. The van der Waals surface area contributed by atoms with Crippen LogP contribution in [0.15, 0.2) is 53.7 Å². The van der Waals surface area contributed by atoms with Gasteiger partial charge in [0, 0.05) is 18.9 Å². The summed E-state index contributed by atoms with van der Waals surface area (Å²) in [5.41, 5.74) is 2.17. The van der Waals surface area contributed by atoms with Crippen molar-refractivity contribution in [1.29, 1.82) is 0 Å². The number of esters is 1. The molecule has 1 heterocycles. The fraction of sp³-hybridized carbons (Fsp3) is 0.478. The van der Waals surface area contributed by atoms with Gasteiger partial charge in [0.1, 0.15) is 0 Å². The maximum atomic E-state index is 12.3. The molecule has 0 fully saturated rings. The monoisotopic (exact) mass is 432 g/mol. The minimum absolute atomic E-state index is 0.157. The molecule has 6 nitrogen and oxygen atoms in total. The van der Waals surface area contributed by atoms with E-state index in [1.54, 1.807) is 30.5 Å². The molecule has 1 aromatic carbocycles. The molecule has 0 radical (unpaired) electrons. The van der Waals surface area contributed by atoms with Crippen LogP contribution in [-0.4, -0.2) is 32.5 Å². The first kappa shape index (κ1) is 24.0. The topological polar surface area (TPSA) is 85.4 Å². The van der Waals surface area contributed by atoms with Gasteiger partial charge in [-0.3, -0.25) is 9.78 Å². The van der Waals surface area contributed by atoms with E-state index in [1.807, 2.05) is 32.2 Å². The molecule has 0 aliphatic carbocycles. The second-order valence-corrected chi connectivity index (χ2v) is 9.18. The fourth-order valence-electron chi connectivity index (χ4n) is 3.26. The zero-order valence-corrected chi connectivity index (χ0v) is 18.7. The van der Waals surface area contributed by atoms with Crippen LogP contribution in [-0.2, 0) is 26.0 Å². The smallest absolute Gasteiger partial charge is 0.308 e. The number of rotatable bonds is 13. The van der Waals surface area contributed by atoms with Crippen LogP contribution in [0.2, 0.25) is 0 Å². The molecule has 0 bridgehead atoms. The van der Waals surface area contributed by atoms with Crippen molar-refractivity contribution in [2.24, 2.45) is 5.92 Å². The Morgan fingerprint density at radius 2 is 1.83 bits per heavy atom. The number of aryl methyl sites for hydroxylation is 2. The van der Waals surface area contributed by atoms with Crippen molar-refractivity contribution in [1.82, 2.24) is 9.71 Å². The molecule has 0 spiro atoms. The molecule has 0 aliphatic heterocycles. The molecule has 2 aromatic rings. The number of ether oxygens (including phenoxy) is 1. The van der Waals surface area contributed by atoms with Crippen LogP contribution in [0.3, 0.4) is 0 Å². The summed E-state index contributed by atoms with van der Waals surface area (Å²) in [5.74, 6) is -0.320. The summed E-state index contributed by atoms with van der Waals surface area (Å²) < 4.78 is 32.5. The molecular weight excluding hydrogens is 400 g/mol. The number of pyridine rings is 1. The van der Waals surface area contributed by atoms with E-state index in [4.69, 9.17) is 4.74 Å². The quantitative estimate of drug-likeness (QED) is 0.381. The van der Waals surface area contributed by atoms with E-state index in [1.165, 1.54) is 0 Å². The van der Waals surface area contributed by atoms with Gasteiger partial charge >= 0.3 is 5.97 Å². The standard InChI is InChI=1S/C23H32N2O4S/c1-3-29-23(26)21(11-6-8-20-9-7-16-24-18-20)10-4-5-17-25-30(27,28)22-14-12-19(2)13-15-22/h7,9,12-16,18,21,25H,3-6,8,10-11,17H2,1-2H3. The summed E-state index contributed by atoms with van der Waals surface area (Å²) in [6.45, 7) is 4.45. The number of carbonyl (C=O) groups is 1. The van der Waals surface area contributed by atoms with Gasteiger partial charge < -0.3 is 4.74 Å². The Balaban J connectivity index is 1.76. The zero-order chi connectivity index (χ0) is 21.8. The summed E-state index contributed by atoms with van der Waals surface area (Å²) in [5, 5.41) is 0. The average molecular weight is 433 g/mol. The van der Waals surface area contributed by atoms with Crippen molar-refractivity contribution in [3.63, 3.8) is 0 Å². The first-order chi connectivity index (χ1) is 14.4. The van der Waals surface area contributed by atoms with Gasteiger partial charge in [-0.1, -0.05) is 30.2 Å². The number of hydrogen-bond acceptors (Lipinski definition) is 5. The highest BCUT2D eigenvalue weighted by Gasteiger charge is 2.19. The minimum Gasteiger partial charge on any atom is -0.466 e. The first-order valence-electron chi connectivity index (χ1n) is 10.5.